The van der Waals surface area contributed by atoms with Crippen LogP contribution in [0.1, 0.15) is 25.3 Å². The fourth-order valence-corrected chi connectivity index (χ4v) is 6.14. The second-order valence-electron chi connectivity index (χ2n) is 5.55. The van der Waals surface area contributed by atoms with E-state index in [9.17, 15) is 16.8 Å². The van der Waals surface area contributed by atoms with Gasteiger partial charge in [-0.3, -0.25) is 0 Å². The molecule has 9 nitrogen and oxygen atoms in total. The Bertz CT molecular complexity index is 756. The predicted molar refractivity (Wildman–Crippen MR) is 88.1 cm³/mol. The average Bonchev–Trinajstić information content (AvgIpc) is 2.88. The Kier molecular flexibility index (Phi) is 5.70. The molecule has 1 aromatic heterocycles. The van der Waals surface area contributed by atoms with Gasteiger partial charge in [0.1, 0.15) is 10.6 Å². The van der Waals surface area contributed by atoms with Gasteiger partial charge < -0.3 is 4.52 Å². The van der Waals surface area contributed by atoms with Crippen molar-refractivity contribution in [2.75, 3.05) is 39.3 Å². The molecule has 11 heteroatoms. The Morgan fingerprint density at radius 2 is 1.50 bits per heavy atom. The van der Waals surface area contributed by atoms with E-state index in [0.29, 0.717) is 18.8 Å². The molecule has 0 bridgehead atoms. The molecule has 0 aromatic carbocycles. The maximum Gasteiger partial charge on any atom is 0.282 e. The molecule has 0 spiro atoms. The zero-order chi connectivity index (χ0) is 18.1. The third-order valence-electron chi connectivity index (χ3n) is 4.12. The molecule has 0 saturated carbocycles. The van der Waals surface area contributed by atoms with Crippen molar-refractivity contribution in [1.82, 2.24) is 18.1 Å². The number of sulfonamides is 1. The molecular weight excluding hydrogens is 356 g/mol. The SMILES string of the molecule is CCN(CC)S(=O)(=O)N1CCN(S(=O)(=O)c2c(C)noc2C)CC1. The Labute approximate surface area is 143 Å². The van der Waals surface area contributed by atoms with Crippen LogP contribution in [0.3, 0.4) is 0 Å². The molecule has 2 heterocycles. The minimum absolute atomic E-state index is 0.0718. The van der Waals surface area contributed by atoms with Gasteiger partial charge in [-0.25, -0.2) is 8.42 Å². The van der Waals surface area contributed by atoms with Crippen LogP contribution in [-0.4, -0.2) is 74.2 Å². The summed E-state index contributed by atoms with van der Waals surface area (Å²) in [6, 6.07) is 0. The Balaban J connectivity index is 2.16. The summed E-state index contributed by atoms with van der Waals surface area (Å²) < 4.78 is 59.4. The van der Waals surface area contributed by atoms with E-state index < -0.39 is 20.2 Å². The van der Waals surface area contributed by atoms with Gasteiger partial charge >= 0.3 is 0 Å². The molecule has 0 amide bonds. The second kappa shape index (κ2) is 7.08. The highest BCUT2D eigenvalue weighted by Gasteiger charge is 2.37. The van der Waals surface area contributed by atoms with Gasteiger partial charge in [0.2, 0.25) is 10.0 Å². The largest absolute Gasteiger partial charge is 0.360 e. The highest BCUT2D eigenvalue weighted by molar-refractivity contribution is 7.89. The smallest absolute Gasteiger partial charge is 0.282 e. The van der Waals surface area contributed by atoms with E-state index in [1.165, 1.54) is 12.9 Å². The summed E-state index contributed by atoms with van der Waals surface area (Å²) in [7, 11) is -7.29. The van der Waals surface area contributed by atoms with Crippen molar-refractivity contribution >= 4 is 20.2 Å². The molecular formula is C13H24N4O5S2. The van der Waals surface area contributed by atoms with Crippen LogP contribution in [0.25, 0.3) is 0 Å². The molecule has 1 fully saturated rings. The van der Waals surface area contributed by atoms with E-state index in [0.717, 1.165) is 0 Å². The minimum Gasteiger partial charge on any atom is -0.360 e. The van der Waals surface area contributed by atoms with Crippen molar-refractivity contribution in [3.63, 3.8) is 0 Å². The van der Waals surface area contributed by atoms with Gasteiger partial charge in [0.15, 0.2) is 5.76 Å². The van der Waals surface area contributed by atoms with Crippen LogP contribution in [-0.2, 0) is 20.2 Å². The highest BCUT2D eigenvalue weighted by atomic mass is 32.2. The lowest BCUT2D eigenvalue weighted by Crippen LogP contribution is -2.54. The molecule has 1 aliphatic rings. The van der Waals surface area contributed by atoms with E-state index in [2.05, 4.69) is 5.16 Å². The second-order valence-corrected chi connectivity index (χ2v) is 9.35. The summed E-state index contributed by atoms with van der Waals surface area (Å²) in [6.07, 6.45) is 0. The molecule has 24 heavy (non-hydrogen) atoms. The number of hydrogen-bond donors (Lipinski definition) is 0. The van der Waals surface area contributed by atoms with Crippen LogP contribution in [0.5, 0.6) is 0 Å². The summed E-state index contributed by atoms with van der Waals surface area (Å²) in [5.74, 6) is 0.241. The maximum absolute atomic E-state index is 12.7. The number of nitrogens with zero attached hydrogens (tertiary/aromatic N) is 4. The first-order valence-corrected chi connectivity index (χ1v) is 10.7. The van der Waals surface area contributed by atoms with E-state index in [1.807, 2.05) is 0 Å². The summed E-state index contributed by atoms with van der Waals surface area (Å²) in [6.45, 7) is 7.91. The van der Waals surface area contributed by atoms with Gasteiger partial charge in [-0.1, -0.05) is 19.0 Å². The number of aryl methyl sites for hydroxylation is 2. The molecule has 0 unspecified atom stereocenters. The summed E-state index contributed by atoms with van der Waals surface area (Å²) in [5, 5.41) is 3.68. The Morgan fingerprint density at radius 1 is 1.00 bits per heavy atom. The monoisotopic (exact) mass is 380 g/mol. The van der Waals surface area contributed by atoms with Gasteiger partial charge in [0, 0.05) is 39.3 Å². The molecule has 1 aliphatic heterocycles. The lowest BCUT2D eigenvalue weighted by atomic mass is 10.4. The van der Waals surface area contributed by atoms with E-state index >= 15 is 0 Å². The van der Waals surface area contributed by atoms with E-state index in [-0.39, 0.29) is 36.8 Å². The molecule has 0 aliphatic carbocycles. The Morgan fingerprint density at radius 3 is 1.92 bits per heavy atom. The summed E-state index contributed by atoms with van der Waals surface area (Å²) >= 11 is 0. The summed E-state index contributed by atoms with van der Waals surface area (Å²) in [4.78, 5) is 0.0718. The average molecular weight is 380 g/mol. The fraction of sp³-hybridized carbons (Fsp3) is 0.769. The van der Waals surface area contributed by atoms with E-state index in [1.54, 1.807) is 27.7 Å². The maximum atomic E-state index is 12.7. The summed E-state index contributed by atoms with van der Waals surface area (Å²) in [5.41, 5.74) is 0.311. The molecule has 1 saturated heterocycles. The third-order valence-corrected chi connectivity index (χ3v) is 8.45. The van der Waals surface area contributed by atoms with Crippen LogP contribution in [0.4, 0.5) is 0 Å². The van der Waals surface area contributed by atoms with Crippen LogP contribution in [0, 0.1) is 13.8 Å². The molecule has 0 atom stereocenters. The highest BCUT2D eigenvalue weighted by Crippen LogP contribution is 2.25. The van der Waals surface area contributed by atoms with Crippen LogP contribution in [0.15, 0.2) is 9.42 Å². The van der Waals surface area contributed by atoms with Crippen molar-refractivity contribution in [3.05, 3.63) is 11.5 Å². The third kappa shape index (κ3) is 3.36. The zero-order valence-corrected chi connectivity index (χ0v) is 16.0. The zero-order valence-electron chi connectivity index (χ0n) is 14.4. The lowest BCUT2D eigenvalue weighted by molar-refractivity contribution is 0.256. The van der Waals surface area contributed by atoms with Crippen molar-refractivity contribution in [3.8, 4) is 0 Å². The number of aromatic nitrogens is 1. The lowest BCUT2D eigenvalue weighted by Gasteiger charge is -2.35. The van der Waals surface area contributed by atoms with Gasteiger partial charge in [-0.2, -0.15) is 21.3 Å². The normalized spacial score (nSPS) is 18.4. The minimum atomic E-state index is -3.74. The van der Waals surface area contributed by atoms with Crippen molar-refractivity contribution in [2.45, 2.75) is 32.6 Å². The molecule has 1 aromatic rings. The number of hydrogen-bond acceptors (Lipinski definition) is 6. The van der Waals surface area contributed by atoms with Crippen LogP contribution >= 0.6 is 0 Å². The first-order valence-electron chi connectivity index (χ1n) is 7.84. The van der Waals surface area contributed by atoms with Gasteiger partial charge in [0.25, 0.3) is 10.2 Å². The molecule has 0 N–H and O–H groups in total. The topological polar surface area (TPSA) is 104 Å². The number of piperazine rings is 1. The van der Waals surface area contributed by atoms with Gasteiger partial charge in [-0.15, -0.1) is 0 Å². The Hall–Kier alpha value is -1.01. The number of rotatable bonds is 6. The first kappa shape index (κ1) is 19.3. The van der Waals surface area contributed by atoms with Crippen LogP contribution in [0.2, 0.25) is 0 Å². The predicted octanol–water partition coefficient (Wildman–Crippen LogP) is 0.184. The van der Waals surface area contributed by atoms with Gasteiger partial charge in [0.05, 0.1) is 0 Å². The van der Waals surface area contributed by atoms with Crippen molar-refractivity contribution < 1.29 is 21.4 Å². The van der Waals surface area contributed by atoms with Crippen molar-refractivity contribution in [2.24, 2.45) is 0 Å². The standard InChI is InChI=1S/C13H24N4O5S2/c1-5-15(6-2)24(20,21)17-9-7-16(8-10-17)23(18,19)13-11(3)14-22-12(13)4/h5-10H2,1-4H3. The van der Waals surface area contributed by atoms with Crippen molar-refractivity contribution in [1.29, 1.82) is 0 Å². The first-order chi connectivity index (χ1) is 11.2. The fourth-order valence-electron chi connectivity index (χ4n) is 2.83. The van der Waals surface area contributed by atoms with Gasteiger partial charge in [-0.05, 0) is 13.8 Å². The molecule has 138 valence electrons. The quantitative estimate of drug-likeness (QED) is 0.697. The van der Waals surface area contributed by atoms with E-state index in [4.69, 9.17) is 4.52 Å². The van der Waals surface area contributed by atoms with Crippen LogP contribution < -0.4 is 0 Å². The molecule has 0 radical (unpaired) electrons. The molecule has 2 rings (SSSR count).